The molecule has 21 heteroatoms. The Morgan fingerprint density at radius 3 is 1.43 bits per heavy atom. The van der Waals surface area contributed by atoms with E-state index in [1.165, 1.54) is 21.9 Å². The number of nitrogens with zero attached hydrogens (tertiary/aromatic N) is 5. The lowest BCUT2D eigenvalue weighted by atomic mass is 9.94. The minimum Gasteiger partial charge on any atom is -0.333 e. The van der Waals surface area contributed by atoms with E-state index in [9.17, 15) is 59.6 Å². The Morgan fingerprint density at radius 2 is 1.03 bits per heavy atom. The molecule has 1 saturated heterocycles. The average molecular weight is 946 g/mol. The van der Waals surface area contributed by atoms with Crippen LogP contribution in [0, 0.1) is 23.0 Å². The smallest absolute Gasteiger partial charge is 0.333 e. The number of halogens is 8. The molecule has 5 aliphatic rings. The van der Waals surface area contributed by atoms with Crippen LogP contribution in [0.2, 0.25) is 0 Å². The van der Waals surface area contributed by atoms with E-state index in [1.54, 1.807) is 24.3 Å². The van der Waals surface area contributed by atoms with Gasteiger partial charge in [0, 0.05) is 25.7 Å². The van der Waals surface area contributed by atoms with Crippen molar-refractivity contribution in [3.63, 3.8) is 0 Å². The maximum absolute atomic E-state index is 14.7. The van der Waals surface area contributed by atoms with E-state index in [0.29, 0.717) is 66.9 Å². The van der Waals surface area contributed by atoms with Gasteiger partial charge in [-0.25, -0.2) is 18.4 Å². The number of anilines is 2. The summed E-state index contributed by atoms with van der Waals surface area (Å²) in [5, 5.41) is 21.1. The number of benzene rings is 4. The Labute approximate surface area is 382 Å². The zero-order valence-corrected chi connectivity index (χ0v) is 35.6. The van der Waals surface area contributed by atoms with Gasteiger partial charge in [-0.3, -0.25) is 19.4 Å². The minimum absolute atomic E-state index is 0.0647. The lowest BCUT2D eigenvalue weighted by Gasteiger charge is -2.34. The first-order valence-electron chi connectivity index (χ1n) is 21.4. The van der Waals surface area contributed by atoms with Crippen LogP contribution >= 0.6 is 0 Å². The summed E-state index contributed by atoms with van der Waals surface area (Å²) >= 11 is 0. The first-order valence-corrected chi connectivity index (χ1v) is 21.4. The van der Waals surface area contributed by atoms with Crippen molar-refractivity contribution < 1.29 is 54.3 Å². The van der Waals surface area contributed by atoms with Crippen molar-refractivity contribution >= 4 is 35.3 Å². The molecule has 3 atom stereocenters. The molecule has 6 amide bonds. The molecule has 352 valence electrons. The average Bonchev–Trinajstić information content (AvgIpc) is 4.03. The first-order chi connectivity index (χ1) is 32.4. The highest BCUT2D eigenvalue weighted by molar-refractivity contribution is 6.08. The van der Waals surface area contributed by atoms with Crippen molar-refractivity contribution in [3.05, 3.63) is 152 Å². The summed E-state index contributed by atoms with van der Waals surface area (Å²) in [5.74, 6) is -3.44. The van der Waals surface area contributed by atoms with Crippen LogP contribution in [0.3, 0.4) is 0 Å². The third kappa shape index (κ3) is 8.95. The number of alkyl halides is 6. The van der Waals surface area contributed by atoms with Gasteiger partial charge in [0.15, 0.2) is 0 Å². The molecule has 5 aliphatic heterocycles. The molecule has 5 heterocycles. The van der Waals surface area contributed by atoms with Crippen molar-refractivity contribution in [1.82, 2.24) is 31.1 Å². The van der Waals surface area contributed by atoms with E-state index in [4.69, 9.17) is 0 Å². The lowest BCUT2D eigenvalue weighted by molar-refractivity contribution is -0.138. The summed E-state index contributed by atoms with van der Waals surface area (Å²) in [7, 11) is 0. The summed E-state index contributed by atoms with van der Waals surface area (Å²) in [6.45, 7) is 1.44. The second-order valence-electron chi connectivity index (χ2n) is 16.8. The summed E-state index contributed by atoms with van der Waals surface area (Å²) < 4.78 is 112. The van der Waals surface area contributed by atoms with E-state index >= 15 is 0 Å². The van der Waals surface area contributed by atoms with E-state index in [1.807, 2.05) is 18.2 Å². The zero-order chi connectivity index (χ0) is 48.2. The van der Waals surface area contributed by atoms with E-state index in [2.05, 4.69) is 21.3 Å². The van der Waals surface area contributed by atoms with Gasteiger partial charge in [-0.2, -0.15) is 31.6 Å². The number of urea groups is 2. The van der Waals surface area contributed by atoms with E-state index < -0.39 is 82.4 Å². The summed E-state index contributed by atoms with van der Waals surface area (Å²) in [6, 6.07) is 15.3. The summed E-state index contributed by atoms with van der Waals surface area (Å²) in [6.07, 6.45) is -9.12. The van der Waals surface area contributed by atoms with Crippen molar-refractivity contribution in [3.8, 4) is 6.07 Å². The normalized spacial score (nSPS) is 20.5. The van der Waals surface area contributed by atoms with Gasteiger partial charge >= 0.3 is 24.4 Å². The maximum Gasteiger partial charge on any atom is 0.416 e. The fourth-order valence-electron chi connectivity index (χ4n) is 9.01. The highest BCUT2D eigenvalue weighted by Crippen LogP contribution is 2.43. The number of carbonyl (C=O) groups excluding carboxylic acids is 4. The SMILES string of the molecule is N#Cc1ccc(C2NC(=O)N(c3cc(F)cc(C(F)(F)F)c3)C3=C2C(=O)N(CCCNCCCN2CC4=C(C2=O)C(c2ccc([C@H]5CN5)cc2)NC(=O)N4c2cc(F)cc(C(F)(F)F)c2)C3)cc1. The fourth-order valence-corrected chi connectivity index (χ4v) is 9.01. The molecule has 4 aromatic rings. The van der Waals surface area contributed by atoms with Crippen molar-refractivity contribution in [1.29, 1.82) is 5.26 Å². The maximum atomic E-state index is 14.7. The van der Waals surface area contributed by atoms with Crippen LogP contribution < -0.4 is 31.1 Å². The van der Waals surface area contributed by atoms with Crippen LogP contribution in [0.5, 0.6) is 0 Å². The first kappa shape index (κ1) is 45.8. The van der Waals surface area contributed by atoms with Crippen LogP contribution in [0.4, 0.5) is 56.1 Å². The molecule has 1 fully saturated rings. The number of carbonyl (C=O) groups is 4. The second-order valence-corrected chi connectivity index (χ2v) is 16.8. The Morgan fingerprint density at radius 1 is 0.618 bits per heavy atom. The van der Waals surface area contributed by atoms with Gasteiger partial charge in [-0.15, -0.1) is 0 Å². The predicted octanol–water partition coefficient (Wildman–Crippen LogP) is 7.32. The molecule has 0 spiro atoms. The molecule has 4 N–H and O–H groups in total. The Bertz CT molecular complexity index is 2820. The van der Waals surface area contributed by atoms with Crippen molar-refractivity contribution in [2.24, 2.45) is 0 Å². The van der Waals surface area contributed by atoms with E-state index in [0.717, 1.165) is 34.0 Å². The third-order valence-electron chi connectivity index (χ3n) is 12.4. The lowest BCUT2D eigenvalue weighted by Crippen LogP contribution is -2.47. The summed E-state index contributed by atoms with van der Waals surface area (Å²) in [5.41, 5.74) is -0.772. The largest absolute Gasteiger partial charge is 0.416 e. The number of rotatable bonds is 13. The van der Waals surface area contributed by atoms with Gasteiger partial charge in [0.25, 0.3) is 11.8 Å². The molecular weight excluding hydrogens is 907 g/mol. The number of hydrogen-bond donors (Lipinski definition) is 4. The van der Waals surface area contributed by atoms with Crippen molar-refractivity contribution in [2.45, 2.75) is 43.3 Å². The molecule has 68 heavy (non-hydrogen) atoms. The quantitative estimate of drug-likeness (QED) is 0.0620. The molecule has 0 radical (unpaired) electrons. The molecule has 0 aromatic heterocycles. The highest BCUT2D eigenvalue weighted by Gasteiger charge is 2.47. The fraction of sp³-hybridized carbons (Fsp3) is 0.298. The Hall–Kier alpha value is -7.31. The van der Waals surface area contributed by atoms with Gasteiger partial charge in [-0.05, 0) is 91.2 Å². The molecule has 9 rings (SSSR count). The second kappa shape index (κ2) is 17.7. The van der Waals surface area contributed by atoms with Gasteiger partial charge in [0.05, 0.1) is 81.8 Å². The molecule has 2 unspecified atom stereocenters. The molecule has 0 saturated carbocycles. The van der Waals surface area contributed by atoms with E-state index in [-0.39, 0.29) is 54.8 Å². The minimum atomic E-state index is -4.93. The number of nitriles is 1. The zero-order valence-electron chi connectivity index (χ0n) is 35.6. The Balaban J connectivity index is 0.860. The van der Waals surface area contributed by atoms with Crippen LogP contribution in [0.1, 0.15) is 64.3 Å². The molecular formula is C47H39F8N9O4. The van der Waals surface area contributed by atoms with Gasteiger partial charge in [-0.1, -0.05) is 36.4 Å². The molecule has 0 aliphatic carbocycles. The monoisotopic (exact) mass is 945 g/mol. The number of amides is 6. The predicted molar refractivity (Wildman–Crippen MR) is 228 cm³/mol. The molecule has 4 aromatic carbocycles. The molecule has 0 bridgehead atoms. The van der Waals surface area contributed by atoms with Crippen LogP contribution in [0.15, 0.2) is 107 Å². The van der Waals surface area contributed by atoms with Crippen LogP contribution in [0.25, 0.3) is 0 Å². The standard InChI is InChI=1S/C47H39F8N9O4/c48-31-15-29(46(50,51)52)17-33(19-31)63-36-23-61(42(65)38(36)40(59-44(63)67)27-5-3-25(21-56)4-6-27)13-1-11-57-12-2-14-62-24-37-39(43(62)66)41(28-9-7-26(8-10-28)35-22-58-35)60-45(68)64(37)34-18-30(47(53,54)55)16-32(49)20-34/h3-10,15-20,35,40-41,57-58H,1-2,11-14,22-24H2,(H,59,67)(H,60,68)/t35-,40?,41?/m1/s1. The summed E-state index contributed by atoms with van der Waals surface area (Å²) in [4.78, 5) is 60.2. The number of nitrogens with one attached hydrogen (secondary N) is 4. The highest BCUT2D eigenvalue weighted by atomic mass is 19.4. The number of hydrogen-bond acceptors (Lipinski definition) is 7. The Kier molecular flexibility index (Phi) is 11.9. The van der Waals surface area contributed by atoms with Gasteiger partial charge in [0.1, 0.15) is 11.6 Å². The molecule has 13 nitrogen and oxygen atoms in total. The van der Waals surface area contributed by atoms with Crippen LogP contribution in [-0.4, -0.2) is 79.5 Å². The van der Waals surface area contributed by atoms with Crippen molar-refractivity contribution in [2.75, 3.05) is 55.6 Å². The van der Waals surface area contributed by atoms with Gasteiger partial charge < -0.3 is 31.1 Å². The van der Waals surface area contributed by atoms with Crippen LogP contribution in [-0.2, 0) is 21.9 Å². The third-order valence-corrected chi connectivity index (χ3v) is 12.4. The topological polar surface area (TPSA) is 163 Å². The van der Waals surface area contributed by atoms with Gasteiger partial charge in [0.2, 0.25) is 0 Å².